The Hall–Kier alpha value is -4.00. The number of rotatable bonds is 10. The van der Waals surface area contributed by atoms with Gasteiger partial charge in [0.2, 0.25) is 5.95 Å². The molecule has 0 unspecified atom stereocenters. The Balaban J connectivity index is 1.80. The van der Waals surface area contributed by atoms with Crippen LogP contribution in [-0.2, 0) is 4.79 Å². The summed E-state index contributed by atoms with van der Waals surface area (Å²) in [6.45, 7) is 2.08. The van der Waals surface area contributed by atoms with Crippen LogP contribution in [0.2, 0.25) is 0 Å². The first-order valence-electron chi connectivity index (χ1n) is 10.0. The highest BCUT2D eigenvalue weighted by Crippen LogP contribution is 2.29. The van der Waals surface area contributed by atoms with E-state index >= 15 is 0 Å². The topological polar surface area (TPSA) is 118 Å². The van der Waals surface area contributed by atoms with Crippen molar-refractivity contribution in [2.75, 3.05) is 23.4 Å². The van der Waals surface area contributed by atoms with E-state index in [1.807, 2.05) is 6.92 Å². The van der Waals surface area contributed by atoms with Crippen LogP contribution < -0.4 is 26.2 Å². The van der Waals surface area contributed by atoms with Crippen molar-refractivity contribution in [1.29, 1.82) is 0 Å². The predicted octanol–water partition coefficient (Wildman–Crippen LogP) is 3.34. The largest absolute Gasteiger partial charge is 0.461 e. The van der Waals surface area contributed by atoms with E-state index in [0.29, 0.717) is 23.6 Å². The van der Waals surface area contributed by atoms with Gasteiger partial charge in [0, 0.05) is 36.3 Å². The molecule has 0 bridgehead atoms. The van der Waals surface area contributed by atoms with E-state index in [1.54, 1.807) is 24.4 Å². The number of anilines is 3. The number of ether oxygens (including phenoxy) is 1. The maximum atomic E-state index is 13.2. The van der Waals surface area contributed by atoms with Gasteiger partial charge >= 0.3 is 12.5 Å². The lowest BCUT2D eigenvalue weighted by molar-refractivity contribution is -0.253. The molecule has 0 saturated carbocycles. The van der Waals surface area contributed by atoms with Gasteiger partial charge in [-0.25, -0.2) is 15.0 Å². The van der Waals surface area contributed by atoms with Crippen LogP contribution in [0.4, 0.5) is 35.0 Å². The Morgan fingerprint density at radius 2 is 1.94 bits per heavy atom. The molecule has 0 spiro atoms. The summed E-state index contributed by atoms with van der Waals surface area (Å²) in [6.07, 6.45) is -5.57. The molecule has 3 rings (SSSR count). The zero-order valence-electron chi connectivity index (χ0n) is 17.9. The third-order valence-corrected chi connectivity index (χ3v) is 4.33. The van der Waals surface area contributed by atoms with Gasteiger partial charge in [-0.2, -0.15) is 17.6 Å². The normalized spacial score (nSPS) is 11.3. The van der Waals surface area contributed by atoms with E-state index in [4.69, 9.17) is 5.73 Å². The van der Waals surface area contributed by atoms with Crippen molar-refractivity contribution in [3.63, 3.8) is 0 Å². The van der Waals surface area contributed by atoms with Crippen LogP contribution >= 0.6 is 0 Å². The number of nitrogens with zero attached hydrogens (tertiary/aromatic N) is 4. The molecule has 0 aliphatic carbocycles. The van der Waals surface area contributed by atoms with Crippen LogP contribution in [0.5, 0.6) is 5.75 Å². The number of aromatic nitrogens is 3. The SMILES string of the molecule is CCN(NC(=O)CN)c1cc(-c2ccnc(Nc3cccc(OC(F)(F)C(F)F)c3)n2)ccn1. The molecule has 4 N–H and O–H groups in total. The van der Waals surface area contributed by atoms with Gasteiger partial charge in [0.15, 0.2) is 0 Å². The number of halogens is 4. The summed E-state index contributed by atoms with van der Waals surface area (Å²) in [4.78, 5) is 24.4. The minimum Gasteiger partial charge on any atom is -0.428 e. The standard InChI is InChI=1S/C21H21F4N7O2/c1-2-32(31-18(33)12-26)17-10-13(6-8-27-17)16-7-9-28-20(30-16)29-14-4-3-5-15(11-14)34-21(24,25)19(22)23/h3-11,19H,2,12,26H2,1H3,(H,31,33)(H,28,29,30). The van der Waals surface area contributed by atoms with Crippen LogP contribution in [0, 0.1) is 0 Å². The molecular formula is C21H21F4N7O2. The fourth-order valence-electron chi connectivity index (χ4n) is 2.77. The smallest absolute Gasteiger partial charge is 0.428 e. The molecule has 3 aromatic rings. The Bertz CT molecular complexity index is 1130. The highest BCUT2D eigenvalue weighted by atomic mass is 19.3. The molecule has 0 aliphatic heterocycles. The molecule has 1 aromatic carbocycles. The Morgan fingerprint density at radius 1 is 1.18 bits per heavy atom. The van der Waals surface area contributed by atoms with Crippen LogP contribution in [0.25, 0.3) is 11.3 Å². The van der Waals surface area contributed by atoms with Crippen molar-refractivity contribution in [2.45, 2.75) is 19.5 Å². The molecule has 2 aromatic heterocycles. The summed E-state index contributed by atoms with van der Waals surface area (Å²) in [5.41, 5.74) is 9.38. The van der Waals surface area contributed by atoms with E-state index in [0.717, 1.165) is 12.1 Å². The number of hydrazine groups is 1. The first kappa shape index (κ1) is 24.6. The molecule has 2 heterocycles. The number of carbonyl (C=O) groups is 1. The summed E-state index contributed by atoms with van der Waals surface area (Å²) in [5.74, 6) is -0.248. The van der Waals surface area contributed by atoms with E-state index in [1.165, 1.54) is 23.3 Å². The molecule has 34 heavy (non-hydrogen) atoms. The summed E-state index contributed by atoms with van der Waals surface area (Å²) in [5, 5.41) is 4.35. The lowest BCUT2D eigenvalue weighted by Gasteiger charge is -2.22. The molecule has 0 saturated heterocycles. The Morgan fingerprint density at radius 3 is 2.65 bits per heavy atom. The molecule has 180 valence electrons. The molecule has 9 nitrogen and oxygen atoms in total. The first-order valence-corrected chi connectivity index (χ1v) is 10.0. The Labute approximate surface area is 192 Å². The third kappa shape index (κ3) is 6.28. The van der Waals surface area contributed by atoms with Gasteiger partial charge < -0.3 is 15.8 Å². The lowest BCUT2D eigenvalue weighted by atomic mass is 10.2. The fraction of sp³-hybridized carbons (Fsp3) is 0.238. The van der Waals surface area contributed by atoms with E-state index in [9.17, 15) is 22.4 Å². The van der Waals surface area contributed by atoms with Crippen molar-refractivity contribution in [3.8, 4) is 17.0 Å². The lowest BCUT2D eigenvalue weighted by Crippen LogP contribution is -2.45. The summed E-state index contributed by atoms with van der Waals surface area (Å²) in [7, 11) is 0. The molecule has 0 radical (unpaired) electrons. The number of alkyl halides is 4. The number of benzene rings is 1. The number of pyridine rings is 1. The van der Waals surface area contributed by atoms with Gasteiger partial charge in [0.25, 0.3) is 5.91 Å². The van der Waals surface area contributed by atoms with Crippen molar-refractivity contribution in [1.82, 2.24) is 20.4 Å². The van der Waals surface area contributed by atoms with E-state index in [-0.39, 0.29) is 24.1 Å². The molecular weight excluding hydrogens is 458 g/mol. The van der Waals surface area contributed by atoms with Crippen LogP contribution in [-0.4, -0.2) is 46.5 Å². The van der Waals surface area contributed by atoms with Gasteiger partial charge in [-0.15, -0.1) is 0 Å². The number of amides is 1. The van der Waals surface area contributed by atoms with Crippen LogP contribution in [0.3, 0.4) is 0 Å². The average molecular weight is 479 g/mol. The zero-order valence-corrected chi connectivity index (χ0v) is 17.9. The van der Waals surface area contributed by atoms with Gasteiger partial charge in [0.1, 0.15) is 11.6 Å². The number of nitrogens with two attached hydrogens (primary N) is 1. The summed E-state index contributed by atoms with van der Waals surface area (Å²) in [6, 6.07) is 10.2. The number of carbonyl (C=O) groups excluding carboxylic acids is 1. The van der Waals surface area contributed by atoms with Crippen molar-refractivity contribution < 1.29 is 27.1 Å². The van der Waals surface area contributed by atoms with Gasteiger partial charge in [-0.1, -0.05) is 6.07 Å². The summed E-state index contributed by atoms with van der Waals surface area (Å²) >= 11 is 0. The average Bonchev–Trinajstić information content (AvgIpc) is 2.82. The fourth-order valence-corrected chi connectivity index (χ4v) is 2.77. The third-order valence-electron chi connectivity index (χ3n) is 4.33. The Kier molecular flexibility index (Phi) is 7.79. The summed E-state index contributed by atoms with van der Waals surface area (Å²) < 4.78 is 55.2. The maximum absolute atomic E-state index is 13.2. The second-order valence-corrected chi connectivity index (χ2v) is 6.77. The number of hydrogen-bond acceptors (Lipinski definition) is 8. The highest BCUT2D eigenvalue weighted by molar-refractivity contribution is 5.79. The zero-order chi connectivity index (χ0) is 24.7. The minimum atomic E-state index is -4.62. The molecule has 0 aliphatic rings. The maximum Gasteiger partial charge on any atom is 0.461 e. The van der Waals surface area contributed by atoms with Gasteiger partial charge in [0.05, 0.1) is 12.2 Å². The van der Waals surface area contributed by atoms with Gasteiger partial charge in [-0.05, 0) is 37.3 Å². The van der Waals surface area contributed by atoms with E-state index < -0.39 is 18.3 Å². The highest BCUT2D eigenvalue weighted by Gasteiger charge is 2.44. The van der Waals surface area contributed by atoms with Crippen LogP contribution in [0.15, 0.2) is 54.9 Å². The minimum absolute atomic E-state index is 0.123. The number of hydrogen-bond donors (Lipinski definition) is 3. The molecule has 0 atom stereocenters. The first-order chi connectivity index (χ1) is 16.2. The second-order valence-electron chi connectivity index (χ2n) is 6.77. The molecule has 0 fully saturated rings. The molecule has 1 amide bonds. The quantitative estimate of drug-likeness (QED) is 0.299. The second kappa shape index (κ2) is 10.7. The van der Waals surface area contributed by atoms with Crippen molar-refractivity contribution in [3.05, 3.63) is 54.9 Å². The van der Waals surface area contributed by atoms with E-state index in [2.05, 4.69) is 30.4 Å². The van der Waals surface area contributed by atoms with Gasteiger partial charge in [-0.3, -0.25) is 15.2 Å². The van der Waals surface area contributed by atoms with Crippen molar-refractivity contribution >= 4 is 23.4 Å². The molecule has 13 heteroatoms. The monoisotopic (exact) mass is 479 g/mol. The van der Waals surface area contributed by atoms with Crippen LogP contribution in [0.1, 0.15) is 6.92 Å². The van der Waals surface area contributed by atoms with Crippen molar-refractivity contribution in [2.24, 2.45) is 5.73 Å². The number of nitrogens with one attached hydrogen (secondary N) is 2. The predicted molar refractivity (Wildman–Crippen MR) is 117 cm³/mol.